The van der Waals surface area contributed by atoms with Gasteiger partial charge in [0.1, 0.15) is 0 Å². The van der Waals surface area contributed by atoms with Crippen molar-refractivity contribution in [3.63, 3.8) is 0 Å². The zero-order chi connectivity index (χ0) is 13.1. The number of carboxylic acid groups (broad SMARTS) is 1. The van der Waals surface area contributed by atoms with Crippen LogP contribution in [0.2, 0.25) is 0 Å². The molecule has 0 radical (unpaired) electrons. The second kappa shape index (κ2) is 5.18. The Hall–Kier alpha value is -1.88. The third kappa shape index (κ3) is 2.87. The van der Waals surface area contributed by atoms with Gasteiger partial charge in [-0.1, -0.05) is 12.1 Å². The second-order valence-electron chi connectivity index (χ2n) is 4.50. The van der Waals surface area contributed by atoms with Crippen LogP contribution in [0.15, 0.2) is 18.2 Å². The second-order valence-corrected chi connectivity index (χ2v) is 4.50. The third-order valence-corrected chi connectivity index (χ3v) is 3.13. The van der Waals surface area contributed by atoms with E-state index in [1.165, 1.54) is 0 Å². The van der Waals surface area contributed by atoms with Crippen molar-refractivity contribution in [1.82, 2.24) is 0 Å². The number of carbonyl (C=O) groups is 2. The zero-order valence-corrected chi connectivity index (χ0v) is 9.98. The topological polar surface area (TPSA) is 92.4 Å². The Kier molecular flexibility index (Phi) is 3.62. The van der Waals surface area contributed by atoms with Crippen LogP contribution in [0, 0.1) is 0 Å². The van der Waals surface area contributed by atoms with Crippen LogP contribution in [0.1, 0.15) is 36.4 Å². The molecule has 2 rings (SSSR count). The minimum atomic E-state index is -0.850. The molecule has 18 heavy (non-hydrogen) atoms. The molecule has 5 heteroatoms. The first-order chi connectivity index (χ1) is 8.56. The van der Waals surface area contributed by atoms with Crippen molar-refractivity contribution in [3.05, 3.63) is 29.3 Å². The van der Waals surface area contributed by atoms with Gasteiger partial charge in [-0.3, -0.25) is 9.59 Å². The van der Waals surface area contributed by atoms with E-state index in [9.17, 15) is 9.59 Å². The Morgan fingerprint density at radius 3 is 2.94 bits per heavy atom. The number of nitrogens with one attached hydrogen (secondary N) is 1. The minimum absolute atomic E-state index is 0.0127. The summed E-state index contributed by atoms with van der Waals surface area (Å²) < 4.78 is 0. The van der Waals surface area contributed by atoms with Gasteiger partial charge < -0.3 is 16.2 Å². The fraction of sp³-hybridized carbons (Fsp3) is 0.385. The molecule has 0 fully saturated rings. The van der Waals surface area contributed by atoms with E-state index in [1.54, 1.807) is 0 Å². The summed E-state index contributed by atoms with van der Waals surface area (Å²) in [6.07, 6.45) is 1.69. The number of carbonyl (C=O) groups excluding carboxylic acids is 1. The van der Waals surface area contributed by atoms with Crippen LogP contribution < -0.4 is 11.1 Å². The van der Waals surface area contributed by atoms with E-state index in [0.29, 0.717) is 12.8 Å². The van der Waals surface area contributed by atoms with E-state index < -0.39 is 5.97 Å². The van der Waals surface area contributed by atoms with Crippen LogP contribution in [0.25, 0.3) is 0 Å². The summed E-state index contributed by atoms with van der Waals surface area (Å²) in [4.78, 5) is 21.8. The minimum Gasteiger partial charge on any atom is -0.481 e. The molecule has 1 aliphatic rings. The van der Waals surface area contributed by atoms with E-state index in [1.807, 2.05) is 18.2 Å². The monoisotopic (exact) mass is 248 g/mol. The van der Waals surface area contributed by atoms with Gasteiger partial charge >= 0.3 is 5.97 Å². The summed E-state index contributed by atoms with van der Waals surface area (Å²) in [6.45, 7) is 0. The molecule has 5 nitrogen and oxygen atoms in total. The Bertz CT molecular complexity index is 485. The third-order valence-electron chi connectivity index (χ3n) is 3.13. The molecule has 1 aromatic rings. The SMILES string of the molecule is NC(CCC(=O)O)c1ccc2c(c1)NC(=O)CC2. The van der Waals surface area contributed by atoms with Crippen molar-refractivity contribution in [2.45, 2.75) is 31.7 Å². The number of hydrogen-bond acceptors (Lipinski definition) is 3. The standard InChI is InChI=1S/C13H16N2O3/c14-10(4-6-13(17)18)9-2-1-8-3-5-12(16)15-11(8)7-9/h1-2,7,10H,3-6,14H2,(H,15,16)(H,17,18). The van der Waals surface area contributed by atoms with Gasteiger partial charge in [0, 0.05) is 24.6 Å². The fourth-order valence-corrected chi connectivity index (χ4v) is 2.07. The molecular weight excluding hydrogens is 232 g/mol. The Morgan fingerprint density at radius 1 is 1.44 bits per heavy atom. The molecule has 1 heterocycles. The highest BCUT2D eigenvalue weighted by Gasteiger charge is 2.16. The van der Waals surface area contributed by atoms with Crippen LogP contribution in [0.3, 0.4) is 0 Å². The number of aryl methyl sites for hydroxylation is 1. The van der Waals surface area contributed by atoms with Gasteiger partial charge in [-0.15, -0.1) is 0 Å². The Balaban J connectivity index is 2.12. The van der Waals surface area contributed by atoms with Gasteiger partial charge in [0.2, 0.25) is 5.91 Å². The van der Waals surface area contributed by atoms with Crippen molar-refractivity contribution in [1.29, 1.82) is 0 Å². The van der Waals surface area contributed by atoms with E-state index >= 15 is 0 Å². The first-order valence-electron chi connectivity index (χ1n) is 5.96. The number of anilines is 1. The van der Waals surface area contributed by atoms with Gasteiger partial charge in [-0.25, -0.2) is 0 Å². The number of aliphatic carboxylic acids is 1. The lowest BCUT2D eigenvalue weighted by Crippen LogP contribution is -2.20. The summed E-state index contributed by atoms with van der Waals surface area (Å²) in [5.74, 6) is -0.838. The number of carboxylic acids is 1. The molecule has 1 amide bonds. The number of hydrogen-bond donors (Lipinski definition) is 3. The van der Waals surface area contributed by atoms with Crippen molar-refractivity contribution >= 4 is 17.6 Å². The number of benzene rings is 1. The first kappa shape index (κ1) is 12.6. The molecule has 1 aliphatic heterocycles. The van der Waals surface area contributed by atoms with Crippen molar-refractivity contribution in [3.8, 4) is 0 Å². The van der Waals surface area contributed by atoms with Crippen LogP contribution in [-0.4, -0.2) is 17.0 Å². The van der Waals surface area contributed by atoms with E-state index in [-0.39, 0.29) is 18.4 Å². The summed E-state index contributed by atoms with van der Waals surface area (Å²) in [7, 11) is 0. The average Bonchev–Trinajstić information content (AvgIpc) is 2.34. The van der Waals surface area contributed by atoms with E-state index in [2.05, 4.69) is 5.32 Å². The maximum atomic E-state index is 11.3. The van der Waals surface area contributed by atoms with Gasteiger partial charge in [-0.05, 0) is 30.0 Å². The van der Waals surface area contributed by atoms with E-state index in [0.717, 1.165) is 23.2 Å². The molecule has 4 N–H and O–H groups in total. The molecule has 0 saturated carbocycles. The predicted octanol–water partition coefficient (Wildman–Crippen LogP) is 1.44. The molecular formula is C13H16N2O3. The van der Waals surface area contributed by atoms with E-state index in [4.69, 9.17) is 10.8 Å². The van der Waals surface area contributed by atoms with Gasteiger partial charge in [0.05, 0.1) is 0 Å². The largest absolute Gasteiger partial charge is 0.481 e. The Morgan fingerprint density at radius 2 is 2.22 bits per heavy atom. The Labute approximate surface area is 105 Å². The zero-order valence-electron chi connectivity index (χ0n) is 9.98. The molecule has 0 spiro atoms. The van der Waals surface area contributed by atoms with Crippen LogP contribution in [0.4, 0.5) is 5.69 Å². The normalized spacial score (nSPS) is 15.7. The maximum absolute atomic E-state index is 11.3. The number of rotatable bonds is 4. The van der Waals surface area contributed by atoms with Crippen molar-refractivity contribution < 1.29 is 14.7 Å². The number of nitrogens with two attached hydrogens (primary N) is 1. The summed E-state index contributed by atoms with van der Waals surface area (Å²) in [6, 6.07) is 5.39. The first-order valence-corrected chi connectivity index (χ1v) is 5.96. The highest BCUT2D eigenvalue weighted by Crippen LogP contribution is 2.27. The fourth-order valence-electron chi connectivity index (χ4n) is 2.07. The molecule has 1 unspecified atom stereocenters. The lowest BCUT2D eigenvalue weighted by molar-refractivity contribution is -0.137. The summed E-state index contributed by atoms with van der Waals surface area (Å²) in [5.41, 5.74) is 8.69. The average molecular weight is 248 g/mol. The highest BCUT2D eigenvalue weighted by molar-refractivity contribution is 5.94. The highest BCUT2D eigenvalue weighted by atomic mass is 16.4. The lowest BCUT2D eigenvalue weighted by Gasteiger charge is -2.19. The molecule has 0 aliphatic carbocycles. The molecule has 0 bridgehead atoms. The van der Waals surface area contributed by atoms with Gasteiger partial charge in [0.15, 0.2) is 0 Å². The number of fused-ring (bicyclic) bond motifs is 1. The van der Waals surface area contributed by atoms with Crippen LogP contribution in [-0.2, 0) is 16.0 Å². The summed E-state index contributed by atoms with van der Waals surface area (Å²) >= 11 is 0. The van der Waals surface area contributed by atoms with Crippen molar-refractivity contribution in [2.24, 2.45) is 5.73 Å². The maximum Gasteiger partial charge on any atom is 0.303 e. The molecule has 96 valence electrons. The molecule has 1 aromatic carbocycles. The van der Waals surface area contributed by atoms with Crippen molar-refractivity contribution in [2.75, 3.05) is 5.32 Å². The lowest BCUT2D eigenvalue weighted by atomic mass is 9.96. The predicted molar refractivity (Wildman–Crippen MR) is 67.2 cm³/mol. The molecule has 1 atom stereocenters. The number of amides is 1. The van der Waals surface area contributed by atoms with Gasteiger partial charge in [-0.2, -0.15) is 0 Å². The van der Waals surface area contributed by atoms with Gasteiger partial charge in [0.25, 0.3) is 0 Å². The molecule has 0 aromatic heterocycles. The van der Waals surface area contributed by atoms with Crippen LogP contribution in [0.5, 0.6) is 0 Å². The smallest absolute Gasteiger partial charge is 0.303 e. The van der Waals surface area contributed by atoms with Crippen LogP contribution >= 0.6 is 0 Å². The summed E-state index contributed by atoms with van der Waals surface area (Å²) in [5, 5.41) is 11.4. The molecule has 0 saturated heterocycles. The quantitative estimate of drug-likeness (QED) is 0.751.